The molecular weight excluding hydrogens is 312 g/mol. The van der Waals surface area contributed by atoms with Crippen LogP contribution in [0.4, 0.5) is 0 Å². The van der Waals surface area contributed by atoms with E-state index in [2.05, 4.69) is 0 Å². The minimum absolute atomic E-state index is 0.622. The van der Waals surface area contributed by atoms with Gasteiger partial charge in [-0.15, -0.1) is 0 Å². The molecule has 0 aromatic carbocycles. The first kappa shape index (κ1) is 22.6. The van der Waals surface area contributed by atoms with Gasteiger partial charge in [0.15, 0.2) is 6.29 Å². The highest BCUT2D eigenvalue weighted by molar-refractivity contribution is 4.90. The summed E-state index contributed by atoms with van der Waals surface area (Å²) >= 11 is 0. The summed E-state index contributed by atoms with van der Waals surface area (Å²) in [7, 11) is 0. The molecule has 0 spiro atoms. The molecule has 23 heavy (non-hydrogen) atoms. The molecule has 4 unspecified atom stereocenters. The minimum Gasteiger partial charge on any atom is -0.394 e. The van der Waals surface area contributed by atoms with Crippen molar-refractivity contribution in [3.8, 4) is 0 Å². The van der Waals surface area contributed by atoms with Gasteiger partial charge in [0, 0.05) is 0 Å². The van der Waals surface area contributed by atoms with Crippen LogP contribution in [0.25, 0.3) is 0 Å². The number of hydrogen-bond donors (Lipinski definition) is 7. The Hall–Kier alpha value is -0.360. The fraction of sp³-hybridized carbons (Fsp3) is 1.00. The number of ether oxygens (including phenoxy) is 2. The molecule has 140 valence electrons. The van der Waals surface area contributed by atoms with Gasteiger partial charge < -0.3 is 45.2 Å². The lowest BCUT2D eigenvalue weighted by Gasteiger charge is -2.42. The van der Waals surface area contributed by atoms with Gasteiger partial charge in [-0.25, -0.2) is 0 Å². The molecule has 0 aromatic heterocycles. The SMILES string of the molecule is CC.CC(O)C(O)C(O[C@@H]1O[C@H](CO)[C@H](O)[C@H](O)[C@H]1O)C(C)O. The third kappa shape index (κ3) is 5.89. The van der Waals surface area contributed by atoms with Gasteiger partial charge in [0.1, 0.15) is 36.6 Å². The Morgan fingerprint density at radius 3 is 1.83 bits per heavy atom. The van der Waals surface area contributed by atoms with Crippen molar-refractivity contribution in [3.05, 3.63) is 0 Å². The maximum absolute atomic E-state index is 9.80. The van der Waals surface area contributed by atoms with Crippen LogP contribution in [0, 0.1) is 0 Å². The van der Waals surface area contributed by atoms with Crippen molar-refractivity contribution in [3.63, 3.8) is 0 Å². The standard InChI is InChI=1S/C12H24O9.C2H6/c1-4(14)7(16)11(5(2)15)21-12-10(19)9(18)8(17)6(3-13)20-12;1-2/h4-19H,3H2,1-2H3;1-2H3/t4?,5?,6-,7?,8+,9+,10-,11?,12+;/m1./s1. The van der Waals surface area contributed by atoms with Crippen LogP contribution in [-0.4, -0.2) is 97.5 Å². The lowest BCUT2D eigenvalue weighted by atomic mass is 9.98. The Balaban J connectivity index is 0.00000232. The van der Waals surface area contributed by atoms with Gasteiger partial charge in [-0.1, -0.05) is 13.8 Å². The molecule has 1 rings (SSSR count). The van der Waals surface area contributed by atoms with Crippen molar-refractivity contribution < 1.29 is 45.2 Å². The van der Waals surface area contributed by atoms with Crippen LogP contribution in [0.5, 0.6) is 0 Å². The van der Waals surface area contributed by atoms with Crippen LogP contribution >= 0.6 is 0 Å². The quantitative estimate of drug-likeness (QED) is 0.273. The molecule has 0 radical (unpaired) electrons. The van der Waals surface area contributed by atoms with Crippen molar-refractivity contribution in [1.29, 1.82) is 0 Å². The smallest absolute Gasteiger partial charge is 0.187 e. The van der Waals surface area contributed by atoms with E-state index in [1.807, 2.05) is 13.8 Å². The number of aliphatic hydroxyl groups is 7. The average Bonchev–Trinajstić information content (AvgIpc) is 2.53. The van der Waals surface area contributed by atoms with Crippen molar-refractivity contribution >= 4 is 0 Å². The fourth-order valence-electron chi connectivity index (χ4n) is 2.09. The zero-order valence-corrected chi connectivity index (χ0v) is 13.9. The Bertz CT molecular complexity index is 311. The van der Waals surface area contributed by atoms with E-state index in [1.165, 1.54) is 13.8 Å². The van der Waals surface area contributed by atoms with E-state index in [4.69, 9.17) is 14.6 Å². The predicted octanol–water partition coefficient (Wildman–Crippen LogP) is -2.68. The van der Waals surface area contributed by atoms with Crippen LogP contribution in [0.15, 0.2) is 0 Å². The first-order valence-corrected chi connectivity index (χ1v) is 7.70. The highest BCUT2D eigenvalue weighted by Crippen LogP contribution is 2.24. The molecule has 1 aliphatic heterocycles. The first-order chi connectivity index (χ1) is 10.7. The van der Waals surface area contributed by atoms with E-state index < -0.39 is 61.7 Å². The van der Waals surface area contributed by atoms with Gasteiger partial charge in [-0.2, -0.15) is 0 Å². The highest BCUT2D eigenvalue weighted by atomic mass is 16.7. The summed E-state index contributed by atoms with van der Waals surface area (Å²) < 4.78 is 10.3. The van der Waals surface area contributed by atoms with E-state index in [9.17, 15) is 30.6 Å². The molecule has 0 saturated carbocycles. The zero-order chi connectivity index (χ0) is 18.3. The van der Waals surface area contributed by atoms with Gasteiger partial charge >= 0.3 is 0 Å². The second-order valence-corrected chi connectivity index (χ2v) is 5.27. The second-order valence-electron chi connectivity index (χ2n) is 5.27. The highest BCUT2D eigenvalue weighted by Gasteiger charge is 2.46. The molecule has 1 fully saturated rings. The number of hydrogen-bond acceptors (Lipinski definition) is 9. The van der Waals surface area contributed by atoms with E-state index in [-0.39, 0.29) is 0 Å². The molecule has 9 nitrogen and oxygen atoms in total. The molecule has 7 N–H and O–H groups in total. The van der Waals surface area contributed by atoms with Crippen LogP contribution in [-0.2, 0) is 9.47 Å². The van der Waals surface area contributed by atoms with E-state index >= 15 is 0 Å². The Labute approximate surface area is 135 Å². The molecule has 0 amide bonds. The molecule has 0 aliphatic carbocycles. The van der Waals surface area contributed by atoms with Crippen LogP contribution in [0.3, 0.4) is 0 Å². The van der Waals surface area contributed by atoms with Gasteiger partial charge in [0.05, 0.1) is 18.8 Å². The predicted molar refractivity (Wildman–Crippen MR) is 79.4 cm³/mol. The molecule has 9 heteroatoms. The van der Waals surface area contributed by atoms with E-state index in [1.54, 1.807) is 0 Å². The minimum atomic E-state index is -1.65. The zero-order valence-electron chi connectivity index (χ0n) is 13.9. The topological polar surface area (TPSA) is 160 Å². The summed E-state index contributed by atoms with van der Waals surface area (Å²) in [6, 6.07) is 0. The molecule has 1 saturated heterocycles. The third-order valence-electron chi connectivity index (χ3n) is 3.45. The lowest BCUT2D eigenvalue weighted by Crippen LogP contribution is -2.61. The third-order valence-corrected chi connectivity index (χ3v) is 3.45. The van der Waals surface area contributed by atoms with Gasteiger partial charge in [-0.05, 0) is 13.8 Å². The average molecular weight is 342 g/mol. The first-order valence-electron chi connectivity index (χ1n) is 7.70. The Morgan fingerprint density at radius 1 is 0.913 bits per heavy atom. The number of rotatable bonds is 6. The van der Waals surface area contributed by atoms with Crippen LogP contribution < -0.4 is 0 Å². The summed E-state index contributed by atoms with van der Waals surface area (Å²) in [4.78, 5) is 0. The van der Waals surface area contributed by atoms with Crippen molar-refractivity contribution in [2.75, 3.05) is 6.61 Å². The summed E-state index contributed by atoms with van der Waals surface area (Å²) in [5.41, 5.74) is 0. The van der Waals surface area contributed by atoms with E-state index in [0.717, 1.165) is 0 Å². The second kappa shape index (κ2) is 10.5. The molecular formula is C14H30O9. The molecule has 9 atom stereocenters. The maximum Gasteiger partial charge on any atom is 0.187 e. The molecule has 1 heterocycles. The number of aliphatic hydroxyl groups excluding tert-OH is 7. The molecule has 0 bridgehead atoms. The van der Waals surface area contributed by atoms with E-state index in [0.29, 0.717) is 0 Å². The van der Waals surface area contributed by atoms with Gasteiger partial charge in [-0.3, -0.25) is 0 Å². The van der Waals surface area contributed by atoms with Crippen LogP contribution in [0.2, 0.25) is 0 Å². The summed E-state index contributed by atoms with van der Waals surface area (Å²) in [6.45, 7) is 5.97. The molecule has 1 aliphatic rings. The normalized spacial score (nSPS) is 36.4. The summed E-state index contributed by atoms with van der Waals surface area (Å²) in [5.74, 6) is 0. The van der Waals surface area contributed by atoms with Crippen molar-refractivity contribution in [2.45, 2.75) is 82.8 Å². The fourth-order valence-corrected chi connectivity index (χ4v) is 2.09. The van der Waals surface area contributed by atoms with Gasteiger partial charge in [0.25, 0.3) is 0 Å². The Morgan fingerprint density at radius 2 is 1.43 bits per heavy atom. The monoisotopic (exact) mass is 342 g/mol. The van der Waals surface area contributed by atoms with Gasteiger partial charge in [0.2, 0.25) is 0 Å². The lowest BCUT2D eigenvalue weighted by molar-refractivity contribution is -0.325. The maximum atomic E-state index is 9.80. The summed E-state index contributed by atoms with van der Waals surface area (Å²) in [6.07, 6.45) is -12.6. The largest absolute Gasteiger partial charge is 0.394 e. The van der Waals surface area contributed by atoms with Crippen molar-refractivity contribution in [1.82, 2.24) is 0 Å². The summed E-state index contributed by atoms with van der Waals surface area (Å²) in [5, 5.41) is 66.8. The van der Waals surface area contributed by atoms with Crippen molar-refractivity contribution in [2.24, 2.45) is 0 Å². The van der Waals surface area contributed by atoms with Crippen LogP contribution in [0.1, 0.15) is 27.7 Å². The molecule has 0 aromatic rings. The Kier molecular flexibility index (Phi) is 10.3.